The van der Waals surface area contributed by atoms with Crippen LogP contribution in [0.1, 0.15) is 23.8 Å². The molecular weight excluding hydrogens is 674 g/mol. The smallest absolute Gasteiger partial charge is 0.325 e. The number of aliphatic hydroxyl groups is 1. The van der Waals surface area contributed by atoms with Crippen LogP contribution >= 0.6 is 13.4 Å². The molecule has 45 heavy (non-hydrogen) atoms. The summed E-state index contributed by atoms with van der Waals surface area (Å²) in [7, 11) is 0. The molecule has 0 spiro atoms. The quantitative estimate of drug-likeness (QED) is 0.242. The Morgan fingerprint density at radius 1 is 0.822 bits per heavy atom. The molecular formula is C23H26N8O10P2S2. The average molecular weight is 701 g/mol. The number of imidazole rings is 2. The van der Waals surface area contributed by atoms with E-state index in [4.69, 9.17) is 55.9 Å². The van der Waals surface area contributed by atoms with Gasteiger partial charge in [-0.15, -0.1) is 0 Å². The molecule has 18 nitrogen and oxygen atoms in total. The summed E-state index contributed by atoms with van der Waals surface area (Å²) >= 11 is 10.8. The fourth-order valence-electron chi connectivity index (χ4n) is 6.10. The van der Waals surface area contributed by atoms with Gasteiger partial charge in [-0.25, -0.2) is 29.9 Å². The van der Waals surface area contributed by atoms with Crippen molar-refractivity contribution < 1.29 is 47.2 Å². The van der Waals surface area contributed by atoms with Gasteiger partial charge < -0.3 is 38.2 Å². The van der Waals surface area contributed by atoms with Crippen molar-refractivity contribution in [1.82, 2.24) is 39.0 Å². The van der Waals surface area contributed by atoms with E-state index >= 15 is 0 Å². The molecule has 0 saturated carbocycles. The van der Waals surface area contributed by atoms with Gasteiger partial charge in [0.15, 0.2) is 23.8 Å². The molecule has 4 aliphatic heterocycles. The zero-order chi connectivity index (χ0) is 31.3. The lowest BCUT2D eigenvalue weighted by Crippen LogP contribution is -2.45. The third-order valence-electron chi connectivity index (χ3n) is 8.29. The molecule has 0 amide bonds. The van der Waals surface area contributed by atoms with E-state index in [1.54, 1.807) is 24.7 Å². The molecule has 8 heterocycles. The predicted octanol–water partition coefficient (Wildman–Crippen LogP) is 0.459. The zero-order valence-corrected chi connectivity index (χ0v) is 26.9. The van der Waals surface area contributed by atoms with Gasteiger partial charge in [0.2, 0.25) is 0 Å². The lowest BCUT2D eigenvalue weighted by molar-refractivity contribution is -0.183. The first-order valence-electron chi connectivity index (χ1n) is 13.7. The number of hydrogen-bond acceptors (Lipinski definition) is 16. The van der Waals surface area contributed by atoms with E-state index in [-0.39, 0.29) is 19.8 Å². The van der Waals surface area contributed by atoms with Crippen LogP contribution in [0.25, 0.3) is 22.3 Å². The van der Waals surface area contributed by atoms with Gasteiger partial charge in [-0.05, 0) is 37.5 Å². The van der Waals surface area contributed by atoms with E-state index in [2.05, 4.69) is 29.9 Å². The first kappa shape index (κ1) is 30.3. The monoisotopic (exact) mass is 700 g/mol. The van der Waals surface area contributed by atoms with E-state index in [1.807, 2.05) is 0 Å². The summed E-state index contributed by atoms with van der Waals surface area (Å²) in [5.41, 5.74) is 1.85. The number of hydrogen-bond donors (Lipinski definition) is 3. The van der Waals surface area contributed by atoms with Gasteiger partial charge in [-0.2, -0.15) is 0 Å². The Morgan fingerprint density at radius 3 is 2.11 bits per heavy atom. The second-order valence-electron chi connectivity index (χ2n) is 11.1. The summed E-state index contributed by atoms with van der Waals surface area (Å²) in [4.78, 5) is 48.3. The predicted molar refractivity (Wildman–Crippen MR) is 157 cm³/mol. The highest BCUT2D eigenvalue weighted by Crippen LogP contribution is 2.58. The van der Waals surface area contributed by atoms with Crippen molar-refractivity contribution in [3.8, 4) is 0 Å². The molecule has 10 atom stereocenters. The van der Waals surface area contributed by atoms with Crippen molar-refractivity contribution in [1.29, 1.82) is 0 Å². The van der Waals surface area contributed by atoms with Crippen LogP contribution < -0.4 is 0 Å². The Hall–Kier alpha value is -2.00. The van der Waals surface area contributed by atoms with Gasteiger partial charge in [-0.1, -0.05) is 0 Å². The molecule has 0 aliphatic carbocycles. The van der Waals surface area contributed by atoms with E-state index in [1.165, 1.54) is 23.5 Å². The largest absolute Gasteiger partial charge is 0.387 e. The maximum absolute atomic E-state index is 11.3. The van der Waals surface area contributed by atoms with E-state index in [9.17, 15) is 14.9 Å². The maximum Gasteiger partial charge on any atom is 0.325 e. The van der Waals surface area contributed by atoms with Crippen LogP contribution in [-0.2, 0) is 55.9 Å². The highest BCUT2D eigenvalue weighted by molar-refractivity contribution is 8.07. The van der Waals surface area contributed by atoms with Crippen LogP contribution in [0.5, 0.6) is 0 Å². The van der Waals surface area contributed by atoms with Crippen LogP contribution in [0.15, 0.2) is 25.3 Å². The van der Waals surface area contributed by atoms with Crippen molar-refractivity contribution in [3.05, 3.63) is 36.7 Å². The van der Waals surface area contributed by atoms with Crippen molar-refractivity contribution >= 4 is 59.4 Å². The summed E-state index contributed by atoms with van der Waals surface area (Å²) in [6, 6.07) is 0. The number of nitrogens with zero attached hydrogens (tertiary/aromatic N) is 8. The molecule has 4 bridgehead atoms. The molecule has 4 saturated heterocycles. The first-order chi connectivity index (χ1) is 21.5. The number of aryl methyl sites for hydroxylation is 2. The molecule has 4 aliphatic rings. The highest BCUT2D eigenvalue weighted by Gasteiger charge is 2.65. The number of ether oxygens (including phenoxy) is 3. The third kappa shape index (κ3) is 4.99. The lowest BCUT2D eigenvalue weighted by atomic mass is 10.0. The SMILES string of the molecule is Cc1ncnc2c1ncn2[C@@H]1O[C@@H]2COP(O)(=S)OC3[C@H]4OC[C@]3(COP(O)(=S)O[C@@H]1[C@@H]2O)O[C@H]4n1cnc2c(C)ncnc21. The van der Waals surface area contributed by atoms with Crippen LogP contribution in [0, 0.1) is 13.8 Å². The number of aromatic nitrogens is 8. The second kappa shape index (κ2) is 10.8. The molecule has 3 N–H and O–H groups in total. The van der Waals surface area contributed by atoms with Gasteiger partial charge in [0.1, 0.15) is 59.8 Å². The summed E-state index contributed by atoms with van der Waals surface area (Å²) < 4.78 is 45.4. The Balaban J connectivity index is 1.14. The van der Waals surface area contributed by atoms with Crippen LogP contribution in [-0.4, -0.2) is 110 Å². The van der Waals surface area contributed by atoms with Gasteiger partial charge in [0.25, 0.3) is 0 Å². The van der Waals surface area contributed by atoms with Crippen molar-refractivity contribution in [3.63, 3.8) is 0 Å². The van der Waals surface area contributed by atoms with E-state index in [0.29, 0.717) is 33.7 Å². The molecule has 4 aromatic rings. The van der Waals surface area contributed by atoms with Crippen molar-refractivity contribution in [2.45, 2.75) is 62.4 Å². The average Bonchev–Trinajstić information content (AvgIpc) is 3.80. The summed E-state index contributed by atoms with van der Waals surface area (Å²) in [6.07, 6.45) is -1.74. The van der Waals surface area contributed by atoms with Crippen LogP contribution in [0.2, 0.25) is 0 Å². The van der Waals surface area contributed by atoms with E-state index < -0.39 is 62.0 Å². The Labute approximate surface area is 264 Å². The number of fused-ring (bicyclic) bond motifs is 4. The Bertz CT molecular complexity index is 1920. The molecule has 4 aromatic heterocycles. The fourth-order valence-corrected chi connectivity index (χ4v) is 8.99. The first-order valence-corrected chi connectivity index (χ1v) is 18.9. The Morgan fingerprint density at radius 2 is 1.44 bits per heavy atom. The second-order valence-corrected chi connectivity index (χ2v) is 16.7. The van der Waals surface area contributed by atoms with E-state index in [0.717, 1.165) is 0 Å². The minimum atomic E-state index is -4.11. The number of aliphatic hydroxyl groups excluding tert-OH is 1. The lowest BCUT2D eigenvalue weighted by Gasteiger charge is -2.33. The topological polar surface area (TPSA) is 212 Å². The minimum Gasteiger partial charge on any atom is -0.387 e. The standard InChI is InChI=1S/C23H26N8O10P2S2/c1-10-13-19(26-6-24-10)30(8-28-13)21-16-15(32)12(38-21)3-36-42(33,44)41-18-17-22(31-9-29-14-11(2)25-7-27-20(14)31)39-23(18,4-35-17)5-37-43(34,45)40-16/h6-9,12,15-18,21-22,32H,3-5H2,1-2H3,(H,33,44)(H,34,45)/t12-,15-,16-,17-,18?,21-,22-,23-,42?,43?/m1/s1. The Kier molecular flexibility index (Phi) is 7.26. The maximum atomic E-state index is 11.3. The van der Waals surface area contributed by atoms with Gasteiger partial charge >= 0.3 is 13.4 Å². The normalized spacial score (nSPS) is 40.3. The van der Waals surface area contributed by atoms with Gasteiger partial charge in [0.05, 0.1) is 43.9 Å². The van der Waals surface area contributed by atoms with Crippen molar-refractivity contribution in [2.75, 3.05) is 19.8 Å². The molecule has 8 rings (SSSR count). The van der Waals surface area contributed by atoms with Crippen molar-refractivity contribution in [2.24, 2.45) is 0 Å². The summed E-state index contributed by atoms with van der Waals surface area (Å²) in [5, 5.41) is 11.3. The molecule has 22 heteroatoms. The van der Waals surface area contributed by atoms with Gasteiger partial charge in [0, 0.05) is 0 Å². The fraction of sp³-hybridized carbons (Fsp3) is 0.565. The van der Waals surface area contributed by atoms with Crippen LogP contribution in [0.4, 0.5) is 0 Å². The molecule has 3 unspecified atom stereocenters. The zero-order valence-electron chi connectivity index (χ0n) is 23.5. The molecule has 0 aromatic carbocycles. The summed E-state index contributed by atoms with van der Waals surface area (Å²) in [6.45, 7) is -5.38. The minimum absolute atomic E-state index is 0.0510. The van der Waals surface area contributed by atoms with Crippen LogP contribution in [0.3, 0.4) is 0 Å². The third-order valence-corrected chi connectivity index (χ3v) is 11.4. The highest BCUT2D eigenvalue weighted by atomic mass is 32.5. The summed E-state index contributed by atoms with van der Waals surface area (Å²) in [5.74, 6) is 0. The van der Waals surface area contributed by atoms with Gasteiger partial charge in [-0.3, -0.25) is 18.2 Å². The molecule has 4 fully saturated rings. The molecule has 0 radical (unpaired) electrons. The number of rotatable bonds is 2. The molecule has 240 valence electrons.